The van der Waals surface area contributed by atoms with Gasteiger partial charge in [0.15, 0.2) is 5.69 Å². The van der Waals surface area contributed by atoms with Crippen LogP contribution >= 0.6 is 22.6 Å². The number of hydrogen-bond acceptors (Lipinski definition) is 4. The molecule has 1 rings (SSSR count). The van der Waals surface area contributed by atoms with E-state index in [4.69, 9.17) is 5.26 Å². The standard InChI is InChI=1S/C9H5F2IN2O2/c1-16-9(15)7-6(12)5(8(10)11)2-4(3-13)14-7/h2,8H,1H3. The van der Waals surface area contributed by atoms with E-state index < -0.39 is 18.0 Å². The number of carbonyl (C=O) groups is 1. The van der Waals surface area contributed by atoms with Gasteiger partial charge in [0.1, 0.15) is 11.8 Å². The number of alkyl halides is 2. The van der Waals surface area contributed by atoms with Gasteiger partial charge < -0.3 is 4.74 Å². The number of carbonyl (C=O) groups excluding carboxylic acids is 1. The van der Waals surface area contributed by atoms with E-state index in [-0.39, 0.29) is 15.0 Å². The molecule has 7 heteroatoms. The van der Waals surface area contributed by atoms with Gasteiger partial charge in [0, 0.05) is 5.56 Å². The first-order chi connectivity index (χ1) is 7.51. The molecule has 0 aliphatic carbocycles. The van der Waals surface area contributed by atoms with E-state index in [1.54, 1.807) is 28.7 Å². The fourth-order valence-electron chi connectivity index (χ4n) is 0.997. The van der Waals surface area contributed by atoms with Crippen LogP contribution in [-0.4, -0.2) is 18.1 Å². The van der Waals surface area contributed by atoms with Gasteiger partial charge in [-0.05, 0) is 28.7 Å². The summed E-state index contributed by atoms with van der Waals surface area (Å²) < 4.78 is 29.6. The van der Waals surface area contributed by atoms with Crippen LogP contribution in [0, 0.1) is 14.9 Å². The van der Waals surface area contributed by atoms with Crippen molar-refractivity contribution in [2.45, 2.75) is 6.43 Å². The molecule has 1 aromatic heterocycles. The molecule has 0 aliphatic heterocycles. The van der Waals surface area contributed by atoms with Crippen LogP contribution in [0.3, 0.4) is 0 Å². The second-order valence-corrected chi connectivity index (χ2v) is 3.74. The molecule has 16 heavy (non-hydrogen) atoms. The molecule has 0 fully saturated rings. The lowest BCUT2D eigenvalue weighted by atomic mass is 10.2. The second-order valence-electron chi connectivity index (χ2n) is 2.66. The molecule has 0 aromatic carbocycles. The number of methoxy groups -OCH3 is 1. The average Bonchev–Trinajstić information content (AvgIpc) is 2.28. The smallest absolute Gasteiger partial charge is 0.357 e. The topological polar surface area (TPSA) is 63.0 Å². The molecule has 0 aliphatic rings. The second kappa shape index (κ2) is 5.16. The molecule has 0 saturated carbocycles. The van der Waals surface area contributed by atoms with Crippen molar-refractivity contribution in [3.05, 3.63) is 26.6 Å². The Morgan fingerprint density at radius 2 is 2.31 bits per heavy atom. The molecule has 1 aromatic rings. The lowest BCUT2D eigenvalue weighted by Crippen LogP contribution is -2.10. The van der Waals surface area contributed by atoms with E-state index in [1.165, 1.54) is 0 Å². The highest BCUT2D eigenvalue weighted by Crippen LogP contribution is 2.27. The molecule has 1 heterocycles. The summed E-state index contributed by atoms with van der Waals surface area (Å²) in [6, 6.07) is 2.57. The molecule has 0 radical (unpaired) electrons. The molecule has 0 atom stereocenters. The number of aromatic nitrogens is 1. The first kappa shape index (κ1) is 12.8. The number of esters is 1. The van der Waals surface area contributed by atoms with E-state index in [1.807, 2.05) is 0 Å². The minimum absolute atomic E-state index is 0.00144. The number of halogens is 3. The third kappa shape index (κ3) is 2.44. The lowest BCUT2D eigenvalue weighted by Gasteiger charge is -2.07. The van der Waals surface area contributed by atoms with Gasteiger partial charge in [-0.3, -0.25) is 0 Å². The van der Waals surface area contributed by atoms with Crippen molar-refractivity contribution < 1.29 is 18.3 Å². The molecule has 0 spiro atoms. The van der Waals surface area contributed by atoms with Crippen LogP contribution in [0.2, 0.25) is 0 Å². The van der Waals surface area contributed by atoms with Gasteiger partial charge in [-0.25, -0.2) is 18.6 Å². The van der Waals surface area contributed by atoms with Gasteiger partial charge in [0.2, 0.25) is 0 Å². The van der Waals surface area contributed by atoms with E-state index in [9.17, 15) is 13.6 Å². The molecular weight excluding hydrogens is 333 g/mol. The molecule has 0 N–H and O–H groups in total. The Balaban J connectivity index is 3.44. The zero-order chi connectivity index (χ0) is 12.3. The quantitative estimate of drug-likeness (QED) is 0.613. The summed E-state index contributed by atoms with van der Waals surface area (Å²) in [6.07, 6.45) is -2.77. The zero-order valence-electron chi connectivity index (χ0n) is 8.00. The first-order valence-electron chi connectivity index (χ1n) is 3.98. The highest BCUT2D eigenvalue weighted by atomic mass is 127. The zero-order valence-corrected chi connectivity index (χ0v) is 10.2. The molecule has 0 saturated heterocycles. The summed E-state index contributed by atoms with van der Waals surface area (Å²) in [4.78, 5) is 14.9. The Morgan fingerprint density at radius 1 is 1.69 bits per heavy atom. The third-order valence-corrected chi connectivity index (χ3v) is 2.85. The van der Waals surface area contributed by atoms with Gasteiger partial charge in [-0.2, -0.15) is 5.26 Å². The highest BCUT2D eigenvalue weighted by molar-refractivity contribution is 14.1. The van der Waals surface area contributed by atoms with E-state index >= 15 is 0 Å². The van der Waals surface area contributed by atoms with Crippen LogP contribution in [0.25, 0.3) is 0 Å². The Hall–Kier alpha value is -1.30. The maximum atomic E-state index is 12.6. The van der Waals surface area contributed by atoms with Gasteiger partial charge in [0.05, 0.1) is 10.7 Å². The summed E-state index contributed by atoms with van der Waals surface area (Å²) in [5.41, 5.74) is -0.902. The van der Waals surface area contributed by atoms with Gasteiger partial charge in [-0.1, -0.05) is 0 Å². The lowest BCUT2D eigenvalue weighted by molar-refractivity contribution is 0.0592. The summed E-state index contributed by atoms with van der Waals surface area (Å²) in [5, 5.41) is 8.60. The Labute approximate surface area is 103 Å². The van der Waals surface area contributed by atoms with Crippen LogP contribution < -0.4 is 0 Å². The number of pyridine rings is 1. The van der Waals surface area contributed by atoms with Crippen LogP contribution in [0.5, 0.6) is 0 Å². The van der Waals surface area contributed by atoms with Crippen molar-refractivity contribution in [3.63, 3.8) is 0 Å². The fraction of sp³-hybridized carbons (Fsp3) is 0.222. The van der Waals surface area contributed by atoms with Crippen molar-refractivity contribution in [3.8, 4) is 6.07 Å². The number of hydrogen-bond donors (Lipinski definition) is 0. The van der Waals surface area contributed by atoms with E-state index in [2.05, 4.69) is 9.72 Å². The molecule has 4 nitrogen and oxygen atoms in total. The first-order valence-corrected chi connectivity index (χ1v) is 5.06. The maximum Gasteiger partial charge on any atom is 0.357 e. The van der Waals surface area contributed by atoms with Gasteiger partial charge >= 0.3 is 5.97 Å². The normalized spacial score (nSPS) is 10.0. The van der Waals surface area contributed by atoms with Crippen LogP contribution in [0.4, 0.5) is 8.78 Å². The van der Waals surface area contributed by atoms with Crippen LogP contribution in [0.15, 0.2) is 6.07 Å². The monoisotopic (exact) mass is 338 g/mol. The predicted octanol–water partition coefficient (Wildman–Crippen LogP) is 2.28. The predicted molar refractivity (Wildman–Crippen MR) is 58.0 cm³/mol. The van der Waals surface area contributed by atoms with Gasteiger partial charge in [0.25, 0.3) is 6.43 Å². The Bertz CT molecular complexity index is 471. The number of ether oxygens (including phenoxy) is 1. The average molecular weight is 338 g/mol. The van der Waals surface area contributed by atoms with Crippen molar-refractivity contribution in [1.29, 1.82) is 5.26 Å². The van der Waals surface area contributed by atoms with Crippen LogP contribution in [-0.2, 0) is 4.74 Å². The molecule has 0 unspecified atom stereocenters. The van der Waals surface area contributed by atoms with Crippen molar-refractivity contribution >= 4 is 28.6 Å². The minimum Gasteiger partial charge on any atom is -0.464 e. The molecular formula is C9H5F2IN2O2. The van der Waals surface area contributed by atoms with Crippen molar-refractivity contribution in [1.82, 2.24) is 4.98 Å². The highest BCUT2D eigenvalue weighted by Gasteiger charge is 2.22. The van der Waals surface area contributed by atoms with Crippen molar-refractivity contribution in [2.75, 3.05) is 7.11 Å². The molecule has 84 valence electrons. The number of nitriles is 1. The van der Waals surface area contributed by atoms with Crippen molar-refractivity contribution in [2.24, 2.45) is 0 Å². The van der Waals surface area contributed by atoms with Crippen LogP contribution in [0.1, 0.15) is 28.2 Å². The van der Waals surface area contributed by atoms with E-state index in [0.717, 1.165) is 13.2 Å². The minimum atomic E-state index is -2.77. The summed E-state index contributed by atoms with van der Waals surface area (Å²) in [6.45, 7) is 0. The maximum absolute atomic E-state index is 12.6. The largest absolute Gasteiger partial charge is 0.464 e. The molecule has 0 amide bonds. The Morgan fingerprint density at radius 3 is 2.75 bits per heavy atom. The number of rotatable bonds is 2. The summed E-state index contributed by atoms with van der Waals surface area (Å²) in [5.74, 6) is -0.844. The summed E-state index contributed by atoms with van der Waals surface area (Å²) >= 11 is 1.58. The molecule has 0 bridgehead atoms. The SMILES string of the molecule is COC(=O)c1nc(C#N)cc(C(F)F)c1I. The van der Waals surface area contributed by atoms with E-state index in [0.29, 0.717) is 0 Å². The Kier molecular flexibility index (Phi) is 4.12. The summed E-state index contributed by atoms with van der Waals surface area (Å²) in [7, 11) is 1.11. The number of nitrogens with zero attached hydrogens (tertiary/aromatic N) is 2. The van der Waals surface area contributed by atoms with Gasteiger partial charge in [-0.15, -0.1) is 0 Å². The third-order valence-electron chi connectivity index (χ3n) is 1.71. The fourth-order valence-corrected chi connectivity index (χ4v) is 1.73.